The maximum absolute atomic E-state index is 12.4. The molecule has 0 aliphatic carbocycles. The second-order valence-corrected chi connectivity index (χ2v) is 9.52. The van der Waals surface area contributed by atoms with Crippen LogP contribution >= 0.6 is 50.9 Å². The summed E-state index contributed by atoms with van der Waals surface area (Å²) in [6.07, 6.45) is 0. The average Bonchev–Trinajstić information content (AvgIpc) is 2.57. The number of halogens is 3. The number of hydrogen-bond donors (Lipinski definition) is 1. The molecule has 0 amide bonds. The highest BCUT2D eigenvalue weighted by Crippen LogP contribution is 2.29. The van der Waals surface area contributed by atoms with Gasteiger partial charge in [0.15, 0.2) is 0 Å². The van der Waals surface area contributed by atoms with Crippen molar-refractivity contribution < 1.29 is 13.2 Å². The van der Waals surface area contributed by atoms with Crippen molar-refractivity contribution in [2.75, 3.05) is 19.4 Å². The minimum absolute atomic E-state index is 0.100. The second-order valence-electron chi connectivity index (χ2n) is 4.95. The number of rotatable bonds is 8. The van der Waals surface area contributed by atoms with E-state index in [1.807, 2.05) is 0 Å². The van der Waals surface area contributed by atoms with Crippen molar-refractivity contribution >= 4 is 60.9 Å². The van der Waals surface area contributed by atoms with Crippen molar-refractivity contribution in [2.24, 2.45) is 0 Å². The van der Waals surface area contributed by atoms with E-state index in [-0.39, 0.29) is 11.4 Å². The molecule has 0 aliphatic rings. The van der Waals surface area contributed by atoms with Gasteiger partial charge in [-0.1, -0.05) is 45.2 Å². The molecule has 0 radical (unpaired) electrons. The van der Waals surface area contributed by atoms with Gasteiger partial charge in [-0.15, -0.1) is 0 Å². The van der Waals surface area contributed by atoms with Gasteiger partial charge >= 0.3 is 0 Å². The molecular formula is C16H16BrCl2NO3S2. The quantitative estimate of drug-likeness (QED) is 0.537. The predicted octanol–water partition coefficient (Wildman–Crippen LogP) is 4.98. The van der Waals surface area contributed by atoms with Crippen LogP contribution in [0.4, 0.5) is 0 Å². The van der Waals surface area contributed by atoms with Crippen LogP contribution in [0.5, 0.6) is 5.75 Å². The Kier molecular flexibility index (Phi) is 7.91. The van der Waals surface area contributed by atoms with Gasteiger partial charge in [-0.05, 0) is 35.9 Å². The van der Waals surface area contributed by atoms with Gasteiger partial charge in [0, 0.05) is 32.6 Å². The number of benzene rings is 2. The summed E-state index contributed by atoms with van der Waals surface area (Å²) < 4.78 is 33.2. The minimum atomic E-state index is -3.66. The van der Waals surface area contributed by atoms with Gasteiger partial charge in [0.1, 0.15) is 10.6 Å². The van der Waals surface area contributed by atoms with Crippen LogP contribution in [0.25, 0.3) is 0 Å². The van der Waals surface area contributed by atoms with Gasteiger partial charge in [0.05, 0.1) is 7.11 Å². The topological polar surface area (TPSA) is 55.4 Å². The first-order chi connectivity index (χ1) is 11.8. The SMILES string of the molecule is COc1ccc(Br)cc1S(=O)(=O)NCCSCc1c(Cl)cccc1Cl. The van der Waals surface area contributed by atoms with E-state index in [1.165, 1.54) is 13.2 Å². The largest absolute Gasteiger partial charge is 0.495 e. The molecule has 0 fully saturated rings. The zero-order valence-electron chi connectivity index (χ0n) is 13.3. The van der Waals surface area contributed by atoms with Gasteiger partial charge in [0.2, 0.25) is 10.0 Å². The first-order valence-electron chi connectivity index (χ1n) is 7.19. The zero-order chi connectivity index (χ0) is 18.4. The van der Waals surface area contributed by atoms with Gasteiger partial charge in [0.25, 0.3) is 0 Å². The van der Waals surface area contributed by atoms with E-state index in [0.717, 1.165) is 5.56 Å². The molecule has 0 saturated carbocycles. The summed E-state index contributed by atoms with van der Waals surface area (Å²) in [5.41, 5.74) is 0.854. The Labute approximate surface area is 170 Å². The average molecular weight is 485 g/mol. The maximum Gasteiger partial charge on any atom is 0.244 e. The Morgan fingerprint density at radius 3 is 2.52 bits per heavy atom. The molecule has 1 N–H and O–H groups in total. The van der Waals surface area contributed by atoms with E-state index in [1.54, 1.807) is 42.1 Å². The lowest BCUT2D eigenvalue weighted by Crippen LogP contribution is -2.26. The highest BCUT2D eigenvalue weighted by atomic mass is 79.9. The Morgan fingerprint density at radius 2 is 1.88 bits per heavy atom. The molecule has 0 atom stereocenters. The lowest BCUT2D eigenvalue weighted by Gasteiger charge is -2.11. The molecule has 0 aromatic heterocycles. The molecule has 4 nitrogen and oxygen atoms in total. The minimum Gasteiger partial charge on any atom is -0.495 e. The molecule has 0 saturated heterocycles. The summed E-state index contributed by atoms with van der Waals surface area (Å²) >= 11 is 17.1. The Hall–Kier alpha value is -0.440. The number of nitrogens with one attached hydrogen (secondary N) is 1. The van der Waals surface area contributed by atoms with Crippen molar-refractivity contribution in [3.8, 4) is 5.75 Å². The number of sulfonamides is 1. The molecule has 0 aliphatic heterocycles. The first kappa shape index (κ1) is 20.9. The lowest BCUT2D eigenvalue weighted by molar-refractivity contribution is 0.402. The number of thioether (sulfide) groups is 1. The Balaban J connectivity index is 1.92. The van der Waals surface area contributed by atoms with E-state index >= 15 is 0 Å². The van der Waals surface area contributed by atoms with Crippen LogP contribution in [0.1, 0.15) is 5.56 Å². The summed E-state index contributed by atoms with van der Waals surface area (Å²) in [6.45, 7) is 0.282. The molecule has 2 aromatic rings. The van der Waals surface area contributed by atoms with Crippen LogP contribution in [0.15, 0.2) is 45.8 Å². The fourth-order valence-corrected chi connectivity index (χ4v) is 5.49. The van der Waals surface area contributed by atoms with Crippen LogP contribution in [0.2, 0.25) is 10.0 Å². The molecule has 0 spiro atoms. The first-order valence-corrected chi connectivity index (χ1v) is 11.4. The van der Waals surface area contributed by atoms with Crippen LogP contribution in [0.3, 0.4) is 0 Å². The van der Waals surface area contributed by atoms with Crippen LogP contribution in [0, 0.1) is 0 Å². The Morgan fingerprint density at radius 1 is 1.20 bits per heavy atom. The van der Waals surface area contributed by atoms with E-state index in [9.17, 15) is 8.42 Å². The predicted molar refractivity (Wildman–Crippen MR) is 109 cm³/mol. The molecule has 0 bridgehead atoms. The normalized spacial score (nSPS) is 11.5. The summed E-state index contributed by atoms with van der Waals surface area (Å²) in [7, 11) is -2.22. The number of methoxy groups -OCH3 is 1. The molecule has 2 rings (SSSR count). The van der Waals surface area contributed by atoms with Crippen molar-refractivity contribution in [1.29, 1.82) is 0 Å². The van der Waals surface area contributed by atoms with Gasteiger partial charge in [-0.25, -0.2) is 13.1 Å². The highest BCUT2D eigenvalue weighted by Gasteiger charge is 2.19. The molecule has 25 heavy (non-hydrogen) atoms. The molecule has 136 valence electrons. The maximum atomic E-state index is 12.4. The van der Waals surface area contributed by atoms with Gasteiger partial charge < -0.3 is 4.74 Å². The molecular weight excluding hydrogens is 469 g/mol. The number of ether oxygens (including phenoxy) is 1. The lowest BCUT2D eigenvalue weighted by atomic mass is 10.2. The second kappa shape index (κ2) is 9.48. The van der Waals surface area contributed by atoms with Crippen molar-refractivity contribution in [3.63, 3.8) is 0 Å². The van der Waals surface area contributed by atoms with Crippen molar-refractivity contribution in [3.05, 3.63) is 56.5 Å². The van der Waals surface area contributed by atoms with E-state index in [4.69, 9.17) is 27.9 Å². The van der Waals surface area contributed by atoms with E-state index in [0.29, 0.717) is 31.8 Å². The fraction of sp³-hybridized carbons (Fsp3) is 0.250. The zero-order valence-corrected chi connectivity index (χ0v) is 18.0. The molecule has 0 unspecified atom stereocenters. The molecule has 2 aromatic carbocycles. The van der Waals surface area contributed by atoms with Crippen LogP contribution in [-0.4, -0.2) is 27.8 Å². The monoisotopic (exact) mass is 483 g/mol. The van der Waals surface area contributed by atoms with Crippen LogP contribution < -0.4 is 9.46 Å². The summed E-state index contributed by atoms with van der Waals surface area (Å²) in [4.78, 5) is 0.100. The van der Waals surface area contributed by atoms with Crippen molar-refractivity contribution in [1.82, 2.24) is 4.72 Å². The molecule has 0 heterocycles. The standard InChI is InChI=1S/C16H16BrCl2NO3S2/c1-23-15-6-5-11(17)9-16(15)25(21,22)20-7-8-24-10-12-13(18)3-2-4-14(12)19/h2-6,9,20H,7-8,10H2,1H3. The fourth-order valence-electron chi connectivity index (χ4n) is 2.03. The van der Waals surface area contributed by atoms with Crippen LogP contribution in [-0.2, 0) is 15.8 Å². The van der Waals surface area contributed by atoms with Gasteiger partial charge in [-0.2, -0.15) is 11.8 Å². The third-order valence-electron chi connectivity index (χ3n) is 3.26. The van der Waals surface area contributed by atoms with Crippen molar-refractivity contribution in [2.45, 2.75) is 10.6 Å². The third-order valence-corrected chi connectivity index (χ3v) is 6.93. The third kappa shape index (κ3) is 5.77. The van der Waals surface area contributed by atoms with E-state index in [2.05, 4.69) is 20.7 Å². The summed E-state index contributed by atoms with van der Waals surface area (Å²) in [6, 6.07) is 10.2. The number of hydrogen-bond acceptors (Lipinski definition) is 4. The summed E-state index contributed by atoms with van der Waals surface area (Å²) in [5.74, 6) is 1.49. The smallest absolute Gasteiger partial charge is 0.244 e. The Bertz CT molecular complexity index is 827. The van der Waals surface area contributed by atoms with E-state index < -0.39 is 10.0 Å². The highest BCUT2D eigenvalue weighted by molar-refractivity contribution is 9.10. The molecule has 9 heteroatoms. The van der Waals surface area contributed by atoms with Gasteiger partial charge in [-0.3, -0.25) is 0 Å². The summed E-state index contributed by atoms with van der Waals surface area (Å²) in [5, 5.41) is 1.22.